The SMILES string of the molecule is CC(C)(C)c1nn(C2(C)CCS(=O)(=O)C2)c(Cl)c1[N+](=O)[O-]. The number of nitro groups is 1. The predicted octanol–water partition coefficient (Wildman–Crippen LogP) is 2.28. The molecule has 0 aromatic carbocycles. The van der Waals surface area contributed by atoms with Gasteiger partial charge in [-0.1, -0.05) is 32.4 Å². The quantitative estimate of drug-likeness (QED) is 0.610. The highest BCUT2D eigenvalue weighted by Gasteiger charge is 2.45. The van der Waals surface area contributed by atoms with Gasteiger partial charge >= 0.3 is 5.69 Å². The average Bonchev–Trinajstić information content (AvgIpc) is 2.76. The van der Waals surface area contributed by atoms with Crippen LogP contribution in [0.3, 0.4) is 0 Å². The van der Waals surface area contributed by atoms with Gasteiger partial charge in [0.1, 0.15) is 5.69 Å². The molecule has 0 N–H and O–H groups in total. The van der Waals surface area contributed by atoms with E-state index in [1.165, 1.54) is 4.68 Å². The fraction of sp³-hybridized carbons (Fsp3) is 0.750. The van der Waals surface area contributed by atoms with Crippen LogP contribution >= 0.6 is 11.6 Å². The number of aromatic nitrogens is 2. The fourth-order valence-corrected chi connectivity index (χ4v) is 5.08. The molecular formula is C12H18ClN3O4S. The topological polar surface area (TPSA) is 95.1 Å². The van der Waals surface area contributed by atoms with Gasteiger partial charge in [-0.2, -0.15) is 5.10 Å². The van der Waals surface area contributed by atoms with Crippen molar-refractivity contribution in [2.24, 2.45) is 0 Å². The van der Waals surface area contributed by atoms with E-state index in [1.807, 2.05) is 0 Å². The smallest absolute Gasteiger partial charge is 0.258 e. The Bertz CT molecular complexity index is 705. The van der Waals surface area contributed by atoms with Gasteiger partial charge in [0.15, 0.2) is 9.84 Å². The lowest BCUT2D eigenvalue weighted by Gasteiger charge is -2.23. The predicted molar refractivity (Wildman–Crippen MR) is 79.5 cm³/mol. The van der Waals surface area contributed by atoms with Crippen LogP contribution < -0.4 is 0 Å². The van der Waals surface area contributed by atoms with Crippen LogP contribution in [0.4, 0.5) is 5.69 Å². The molecule has 0 aliphatic carbocycles. The molecule has 7 nitrogen and oxygen atoms in total. The summed E-state index contributed by atoms with van der Waals surface area (Å²) in [4.78, 5) is 10.7. The molecular weight excluding hydrogens is 318 g/mol. The molecule has 1 aliphatic heterocycles. The number of hydrogen-bond donors (Lipinski definition) is 0. The zero-order valence-electron chi connectivity index (χ0n) is 12.4. The summed E-state index contributed by atoms with van der Waals surface area (Å²) in [5.74, 6) is -0.0690. The van der Waals surface area contributed by atoms with Crippen molar-refractivity contribution in [2.45, 2.75) is 45.1 Å². The Morgan fingerprint density at radius 3 is 2.33 bits per heavy atom. The fourth-order valence-electron chi connectivity index (χ4n) is 2.57. The van der Waals surface area contributed by atoms with E-state index in [-0.39, 0.29) is 28.0 Å². The first kappa shape index (κ1) is 16.2. The molecule has 2 rings (SSSR count). The standard InChI is InChI=1S/C12H18ClN3O4S/c1-11(2,3)9-8(16(17)18)10(13)15(14-9)12(4)5-6-21(19,20)7-12/h5-7H2,1-4H3. The Kier molecular flexibility index (Phi) is 3.61. The van der Waals surface area contributed by atoms with Crippen molar-refractivity contribution in [2.75, 3.05) is 11.5 Å². The summed E-state index contributed by atoms with van der Waals surface area (Å²) in [7, 11) is -3.17. The van der Waals surface area contributed by atoms with E-state index in [0.717, 1.165) is 0 Å². The minimum Gasteiger partial charge on any atom is -0.258 e. The third-order valence-electron chi connectivity index (χ3n) is 3.69. The van der Waals surface area contributed by atoms with Crippen molar-refractivity contribution in [1.29, 1.82) is 0 Å². The van der Waals surface area contributed by atoms with Crippen molar-refractivity contribution in [3.05, 3.63) is 21.0 Å². The highest BCUT2D eigenvalue weighted by atomic mass is 35.5. The van der Waals surface area contributed by atoms with Crippen LogP contribution in [0.1, 0.15) is 39.8 Å². The number of sulfone groups is 1. The second-order valence-corrected chi connectivity index (χ2v) is 9.29. The van der Waals surface area contributed by atoms with Crippen LogP contribution in [0.25, 0.3) is 0 Å². The van der Waals surface area contributed by atoms with E-state index < -0.39 is 25.7 Å². The van der Waals surface area contributed by atoms with Crippen molar-refractivity contribution < 1.29 is 13.3 Å². The Hall–Kier alpha value is -1.15. The van der Waals surface area contributed by atoms with Gasteiger partial charge in [-0.15, -0.1) is 0 Å². The zero-order valence-corrected chi connectivity index (χ0v) is 14.0. The highest BCUT2D eigenvalue weighted by Crippen LogP contribution is 2.41. The maximum atomic E-state index is 11.7. The van der Waals surface area contributed by atoms with Gasteiger partial charge in [-0.3, -0.25) is 10.1 Å². The number of halogens is 1. The van der Waals surface area contributed by atoms with Crippen molar-refractivity contribution in [3.63, 3.8) is 0 Å². The molecule has 1 atom stereocenters. The molecule has 118 valence electrons. The second-order valence-electron chi connectivity index (χ2n) is 6.75. The first-order chi connectivity index (χ1) is 9.37. The molecule has 1 fully saturated rings. The number of hydrogen-bond acceptors (Lipinski definition) is 5. The first-order valence-corrected chi connectivity index (χ1v) is 8.72. The van der Waals surface area contributed by atoms with Gasteiger partial charge in [-0.05, 0) is 13.3 Å². The lowest BCUT2D eigenvalue weighted by molar-refractivity contribution is -0.385. The molecule has 1 unspecified atom stereocenters. The lowest BCUT2D eigenvalue weighted by atomic mass is 9.91. The number of nitrogens with zero attached hydrogens (tertiary/aromatic N) is 3. The van der Waals surface area contributed by atoms with Crippen LogP contribution in [0.2, 0.25) is 5.15 Å². The van der Waals surface area contributed by atoms with E-state index in [0.29, 0.717) is 6.42 Å². The second kappa shape index (κ2) is 4.67. The summed E-state index contributed by atoms with van der Waals surface area (Å²) < 4.78 is 24.8. The van der Waals surface area contributed by atoms with E-state index in [2.05, 4.69) is 5.10 Å². The van der Waals surface area contributed by atoms with Crippen LogP contribution in [-0.4, -0.2) is 34.6 Å². The molecule has 21 heavy (non-hydrogen) atoms. The third kappa shape index (κ3) is 2.78. The average molecular weight is 336 g/mol. The number of rotatable bonds is 2. The molecule has 1 saturated heterocycles. The minimum absolute atomic E-state index is 0.0400. The molecule has 2 heterocycles. The van der Waals surface area contributed by atoms with E-state index >= 15 is 0 Å². The monoisotopic (exact) mass is 335 g/mol. The Morgan fingerprint density at radius 1 is 1.43 bits per heavy atom. The van der Waals surface area contributed by atoms with E-state index in [1.54, 1.807) is 27.7 Å². The van der Waals surface area contributed by atoms with Crippen molar-refractivity contribution >= 4 is 27.1 Å². The lowest BCUT2D eigenvalue weighted by Crippen LogP contribution is -2.33. The van der Waals surface area contributed by atoms with E-state index in [9.17, 15) is 18.5 Å². The zero-order chi connectivity index (χ0) is 16.2. The maximum Gasteiger partial charge on any atom is 0.329 e. The third-order valence-corrected chi connectivity index (χ3v) is 5.92. The maximum absolute atomic E-state index is 11.7. The van der Waals surface area contributed by atoms with Crippen LogP contribution in [0, 0.1) is 10.1 Å². The van der Waals surface area contributed by atoms with Gasteiger partial charge in [-0.25, -0.2) is 13.1 Å². The summed E-state index contributed by atoms with van der Waals surface area (Å²) >= 11 is 6.16. The summed E-state index contributed by atoms with van der Waals surface area (Å²) in [6, 6.07) is 0. The van der Waals surface area contributed by atoms with Crippen LogP contribution in [0.5, 0.6) is 0 Å². The van der Waals surface area contributed by atoms with Gasteiger partial charge < -0.3 is 0 Å². The first-order valence-electron chi connectivity index (χ1n) is 6.52. The largest absolute Gasteiger partial charge is 0.329 e. The van der Waals surface area contributed by atoms with Crippen LogP contribution in [-0.2, 0) is 20.8 Å². The molecule has 0 saturated carbocycles. The molecule has 9 heteroatoms. The normalized spacial score (nSPS) is 25.2. The molecule has 1 aromatic heterocycles. The molecule has 0 amide bonds. The van der Waals surface area contributed by atoms with Crippen LogP contribution in [0.15, 0.2) is 0 Å². The highest BCUT2D eigenvalue weighted by molar-refractivity contribution is 7.91. The minimum atomic E-state index is -3.17. The molecule has 0 bridgehead atoms. The molecule has 1 aromatic rings. The van der Waals surface area contributed by atoms with Gasteiger partial charge in [0.25, 0.3) is 0 Å². The summed E-state index contributed by atoms with van der Waals surface area (Å²) in [5, 5.41) is 15.5. The molecule has 0 radical (unpaired) electrons. The van der Waals surface area contributed by atoms with Gasteiger partial charge in [0, 0.05) is 5.41 Å². The summed E-state index contributed by atoms with van der Waals surface area (Å²) in [5.41, 5.74) is -1.38. The van der Waals surface area contributed by atoms with Crippen molar-refractivity contribution in [1.82, 2.24) is 9.78 Å². The summed E-state index contributed by atoms with van der Waals surface area (Å²) in [6.07, 6.45) is 0.345. The van der Waals surface area contributed by atoms with Crippen molar-refractivity contribution in [3.8, 4) is 0 Å². The van der Waals surface area contributed by atoms with E-state index in [4.69, 9.17) is 11.6 Å². The summed E-state index contributed by atoms with van der Waals surface area (Å²) in [6.45, 7) is 7.12. The van der Waals surface area contributed by atoms with Gasteiger partial charge in [0.2, 0.25) is 5.15 Å². The Balaban J connectivity index is 2.65. The Morgan fingerprint density at radius 2 is 2.00 bits per heavy atom. The Labute approximate surface area is 128 Å². The molecule has 1 aliphatic rings. The molecule has 0 spiro atoms. The van der Waals surface area contributed by atoms with Gasteiger partial charge in [0.05, 0.1) is 22.0 Å².